The van der Waals surface area contributed by atoms with Crippen LogP contribution in [0.15, 0.2) is 96.2 Å². The number of ether oxygens (including phenoxy) is 1. The molecule has 7 rings (SSSR count). The standard InChI is InChI=1S/C33H24Cl2F4N2O2/c34-26-14-24(15-27(35)29(26)36)32(33(37,38)39)16-28(40-43-32)22-11-12-25-23(13-22)17-42-31(25)18-41(19-31)30(20-7-3-1-4-8-20)21-9-5-2-6-10-21/h1-15,30H,16-19H2/t32-/m1/s1. The van der Waals surface area contributed by atoms with Crippen molar-refractivity contribution in [2.45, 2.75) is 36.4 Å². The number of fused-ring (bicyclic) bond motifs is 2. The second-order valence-electron chi connectivity index (χ2n) is 11.2. The van der Waals surface area contributed by atoms with E-state index in [2.05, 4.69) is 34.3 Å². The summed E-state index contributed by atoms with van der Waals surface area (Å²) in [7, 11) is 0. The molecule has 0 aromatic heterocycles. The van der Waals surface area contributed by atoms with E-state index in [1.54, 1.807) is 6.07 Å². The van der Waals surface area contributed by atoms with Gasteiger partial charge in [-0.15, -0.1) is 0 Å². The highest BCUT2D eigenvalue weighted by Gasteiger charge is 2.62. The summed E-state index contributed by atoms with van der Waals surface area (Å²) in [6.45, 7) is 1.67. The monoisotopic (exact) mass is 626 g/mol. The Bertz CT molecular complexity index is 1660. The van der Waals surface area contributed by atoms with E-state index in [4.69, 9.17) is 32.8 Å². The Balaban J connectivity index is 1.14. The van der Waals surface area contributed by atoms with E-state index >= 15 is 0 Å². The molecule has 4 aromatic rings. The topological polar surface area (TPSA) is 34.1 Å². The van der Waals surface area contributed by atoms with Gasteiger partial charge in [0.25, 0.3) is 5.60 Å². The molecule has 1 saturated heterocycles. The average Bonchev–Trinajstić information content (AvgIpc) is 3.60. The maximum atomic E-state index is 14.5. The van der Waals surface area contributed by atoms with Gasteiger partial charge in [0.2, 0.25) is 0 Å². The molecule has 10 heteroatoms. The van der Waals surface area contributed by atoms with Gasteiger partial charge in [-0.1, -0.05) is 101 Å². The minimum absolute atomic E-state index is 0.0638. The number of oxime groups is 1. The zero-order valence-corrected chi connectivity index (χ0v) is 24.1. The van der Waals surface area contributed by atoms with Crippen molar-refractivity contribution in [1.29, 1.82) is 0 Å². The van der Waals surface area contributed by atoms with Gasteiger partial charge in [-0.3, -0.25) is 4.90 Å². The second kappa shape index (κ2) is 10.3. The Morgan fingerprint density at radius 3 is 2.02 bits per heavy atom. The first kappa shape index (κ1) is 28.3. The largest absolute Gasteiger partial charge is 0.435 e. The summed E-state index contributed by atoms with van der Waals surface area (Å²) in [5, 5.41) is 2.79. The molecular weight excluding hydrogens is 603 g/mol. The first-order valence-corrected chi connectivity index (χ1v) is 14.4. The molecule has 4 aromatic carbocycles. The number of hydrogen-bond donors (Lipinski definition) is 0. The van der Waals surface area contributed by atoms with Gasteiger partial charge in [0.15, 0.2) is 5.82 Å². The van der Waals surface area contributed by atoms with Crippen molar-refractivity contribution < 1.29 is 27.1 Å². The highest BCUT2D eigenvalue weighted by atomic mass is 35.5. The van der Waals surface area contributed by atoms with Gasteiger partial charge < -0.3 is 9.57 Å². The van der Waals surface area contributed by atoms with E-state index < -0.39 is 45.2 Å². The van der Waals surface area contributed by atoms with Gasteiger partial charge in [-0.2, -0.15) is 13.2 Å². The van der Waals surface area contributed by atoms with Gasteiger partial charge in [-0.25, -0.2) is 4.39 Å². The molecule has 0 bridgehead atoms. The molecule has 0 radical (unpaired) electrons. The second-order valence-corrected chi connectivity index (χ2v) is 12.0. The van der Waals surface area contributed by atoms with Crippen molar-refractivity contribution in [3.05, 3.63) is 140 Å². The fraction of sp³-hybridized carbons (Fsp3) is 0.242. The fourth-order valence-electron chi connectivity index (χ4n) is 6.42. The molecule has 3 heterocycles. The van der Waals surface area contributed by atoms with Crippen molar-refractivity contribution in [3.8, 4) is 0 Å². The maximum Gasteiger partial charge on any atom is 0.435 e. The SMILES string of the molecule is Fc1c(Cl)cc([C@@]2(C(F)(F)F)CC(c3ccc4c(c3)COC43CN(C(c4ccccc4)c4ccccc4)C3)=NO2)cc1Cl. The summed E-state index contributed by atoms with van der Waals surface area (Å²) in [4.78, 5) is 7.48. The average molecular weight is 627 g/mol. The Kier molecular flexibility index (Phi) is 6.81. The molecule has 1 spiro atoms. The molecule has 1 fully saturated rings. The van der Waals surface area contributed by atoms with Crippen LogP contribution in [0.2, 0.25) is 10.0 Å². The number of nitrogens with zero attached hydrogens (tertiary/aromatic N) is 2. The van der Waals surface area contributed by atoms with Gasteiger partial charge in [0, 0.05) is 25.1 Å². The lowest BCUT2D eigenvalue weighted by Gasteiger charge is -2.51. The molecule has 0 N–H and O–H groups in total. The highest BCUT2D eigenvalue weighted by molar-refractivity contribution is 6.35. The summed E-state index contributed by atoms with van der Waals surface area (Å²) >= 11 is 11.7. The van der Waals surface area contributed by atoms with Crippen LogP contribution in [0, 0.1) is 5.82 Å². The third-order valence-electron chi connectivity index (χ3n) is 8.58. The molecule has 220 valence electrons. The lowest BCUT2D eigenvalue weighted by atomic mass is 9.81. The molecule has 1 atom stereocenters. The molecule has 3 aliphatic rings. The van der Waals surface area contributed by atoms with Gasteiger partial charge in [0.05, 0.1) is 28.4 Å². The third kappa shape index (κ3) is 4.63. The Labute approximate surface area is 255 Å². The number of alkyl halides is 3. The Hall–Kier alpha value is -3.43. The molecule has 43 heavy (non-hydrogen) atoms. The van der Waals surface area contributed by atoms with E-state index in [0.29, 0.717) is 25.3 Å². The third-order valence-corrected chi connectivity index (χ3v) is 9.13. The Morgan fingerprint density at radius 2 is 1.44 bits per heavy atom. The maximum absolute atomic E-state index is 14.5. The van der Waals surface area contributed by atoms with E-state index in [1.807, 2.05) is 48.5 Å². The highest BCUT2D eigenvalue weighted by Crippen LogP contribution is 2.51. The summed E-state index contributed by atoms with van der Waals surface area (Å²) < 4.78 is 63.8. The normalized spacial score (nSPS) is 21.0. The van der Waals surface area contributed by atoms with Crippen molar-refractivity contribution in [2.24, 2.45) is 5.16 Å². The van der Waals surface area contributed by atoms with Gasteiger partial charge in [-0.05, 0) is 46.0 Å². The molecule has 3 aliphatic heterocycles. The lowest BCUT2D eigenvalue weighted by Crippen LogP contribution is -2.60. The summed E-state index contributed by atoms with van der Waals surface area (Å²) in [6, 6.07) is 27.9. The van der Waals surface area contributed by atoms with E-state index in [0.717, 1.165) is 23.3 Å². The zero-order valence-electron chi connectivity index (χ0n) is 22.5. The van der Waals surface area contributed by atoms with Gasteiger partial charge >= 0.3 is 6.18 Å². The number of rotatable bonds is 5. The van der Waals surface area contributed by atoms with Gasteiger partial charge in [0.1, 0.15) is 5.60 Å². The first-order valence-electron chi connectivity index (χ1n) is 13.7. The van der Waals surface area contributed by atoms with Crippen LogP contribution >= 0.6 is 23.2 Å². The summed E-state index contributed by atoms with van der Waals surface area (Å²) in [5.41, 5.74) is 1.13. The summed E-state index contributed by atoms with van der Waals surface area (Å²) in [5.74, 6) is -0.996. The van der Waals surface area contributed by atoms with E-state index in [9.17, 15) is 17.6 Å². The van der Waals surface area contributed by atoms with Crippen LogP contribution in [-0.4, -0.2) is 29.9 Å². The number of halogens is 6. The number of hydrogen-bond acceptors (Lipinski definition) is 4. The minimum atomic E-state index is -4.88. The van der Waals surface area contributed by atoms with Crippen LogP contribution in [0.4, 0.5) is 17.6 Å². The molecular formula is C33H24Cl2F4N2O2. The first-order chi connectivity index (χ1) is 20.6. The lowest BCUT2D eigenvalue weighted by molar-refractivity contribution is -0.275. The summed E-state index contributed by atoms with van der Waals surface area (Å²) in [6.07, 6.45) is -5.50. The van der Waals surface area contributed by atoms with Crippen molar-refractivity contribution in [2.75, 3.05) is 13.1 Å². The molecule has 0 unspecified atom stereocenters. The number of likely N-dealkylation sites (tertiary alicyclic amines) is 1. The Morgan fingerprint density at radius 1 is 0.837 bits per heavy atom. The van der Waals surface area contributed by atoms with Crippen molar-refractivity contribution in [3.63, 3.8) is 0 Å². The van der Waals surface area contributed by atoms with Crippen LogP contribution in [0.3, 0.4) is 0 Å². The van der Waals surface area contributed by atoms with Crippen LogP contribution in [0.25, 0.3) is 0 Å². The number of benzene rings is 4. The van der Waals surface area contributed by atoms with Crippen molar-refractivity contribution >= 4 is 28.9 Å². The molecule has 4 nitrogen and oxygen atoms in total. The van der Waals surface area contributed by atoms with Crippen LogP contribution < -0.4 is 0 Å². The quantitative estimate of drug-likeness (QED) is 0.164. The van der Waals surface area contributed by atoms with E-state index in [1.165, 1.54) is 11.1 Å². The van der Waals surface area contributed by atoms with Crippen LogP contribution in [0.1, 0.15) is 45.8 Å². The molecule has 0 saturated carbocycles. The van der Waals surface area contributed by atoms with Crippen LogP contribution in [0.5, 0.6) is 0 Å². The zero-order chi connectivity index (χ0) is 30.0. The van der Waals surface area contributed by atoms with E-state index in [-0.39, 0.29) is 11.8 Å². The minimum Gasteiger partial charge on any atom is -0.374 e. The molecule has 0 aliphatic carbocycles. The van der Waals surface area contributed by atoms with Crippen LogP contribution in [-0.2, 0) is 27.4 Å². The predicted molar refractivity (Wildman–Crippen MR) is 156 cm³/mol. The smallest absolute Gasteiger partial charge is 0.374 e. The van der Waals surface area contributed by atoms with Crippen molar-refractivity contribution in [1.82, 2.24) is 4.90 Å². The molecule has 0 amide bonds. The fourth-order valence-corrected chi connectivity index (χ4v) is 6.90. The predicted octanol–water partition coefficient (Wildman–Crippen LogP) is 8.55.